The van der Waals surface area contributed by atoms with Gasteiger partial charge in [0.25, 0.3) is 0 Å². The Bertz CT molecular complexity index is 696. The molecule has 0 unspecified atom stereocenters. The molecule has 0 spiro atoms. The van der Waals surface area contributed by atoms with Crippen molar-refractivity contribution in [2.24, 2.45) is 0 Å². The van der Waals surface area contributed by atoms with Crippen LogP contribution in [-0.4, -0.2) is 33.2 Å². The number of carbonyl (C=O) groups is 3. The topological polar surface area (TPSA) is 112 Å². The summed E-state index contributed by atoms with van der Waals surface area (Å²) in [6, 6.07) is 4.97. The second-order valence-corrected chi connectivity index (χ2v) is 5.31. The summed E-state index contributed by atoms with van der Waals surface area (Å²) in [7, 11) is 0. The average molecular weight is 330 g/mol. The van der Waals surface area contributed by atoms with Gasteiger partial charge in [0.1, 0.15) is 0 Å². The highest BCUT2D eigenvalue weighted by Crippen LogP contribution is 2.23. The minimum absolute atomic E-state index is 0.0188. The first-order valence-electron chi connectivity index (χ1n) is 6.96. The molecule has 0 saturated carbocycles. The van der Waals surface area contributed by atoms with Crippen LogP contribution in [0, 0.1) is 0 Å². The molecule has 0 bridgehead atoms. The fourth-order valence-corrected chi connectivity index (χ4v) is 2.15. The summed E-state index contributed by atoms with van der Waals surface area (Å²) in [4.78, 5) is 33.1. The SMILES string of the molecule is C=C(Cc1cccc(CC(=C)C(=O)O)c1CC(=C)C(=O)O)C(=O)O. The van der Waals surface area contributed by atoms with Crippen molar-refractivity contribution in [3.63, 3.8) is 0 Å². The van der Waals surface area contributed by atoms with Crippen LogP contribution in [-0.2, 0) is 33.6 Å². The molecule has 0 aromatic heterocycles. The van der Waals surface area contributed by atoms with Crippen LogP contribution in [0.3, 0.4) is 0 Å². The predicted octanol–water partition coefficient (Wildman–Crippen LogP) is 2.24. The molecular formula is C18H18O6. The minimum Gasteiger partial charge on any atom is -0.478 e. The summed E-state index contributed by atoms with van der Waals surface area (Å²) in [6.07, 6.45) is 0.0105. The van der Waals surface area contributed by atoms with Crippen molar-refractivity contribution in [3.05, 3.63) is 71.3 Å². The Hall–Kier alpha value is -3.15. The zero-order valence-corrected chi connectivity index (χ0v) is 13.0. The minimum atomic E-state index is -1.18. The third-order valence-corrected chi connectivity index (χ3v) is 3.48. The molecule has 0 radical (unpaired) electrons. The van der Waals surface area contributed by atoms with Crippen LogP contribution in [0.4, 0.5) is 0 Å². The van der Waals surface area contributed by atoms with Gasteiger partial charge in [-0.1, -0.05) is 37.9 Å². The van der Waals surface area contributed by atoms with E-state index in [1.165, 1.54) is 0 Å². The predicted molar refractivity (Wildman–Crippen MR) is 87.9 cm³/mol. The second kappa shape index (κ2) is 7.92. The molecular weight excluding hydrogens is 312 g/mol. The van der Waals surface area contributed by atoms with Crippen molar-refractivity contribution < 1.29 is 29.7 Å². The summed E-state index contributed by atoms with van der Waals surface area (Å²) in [5.74, 6) is -3.48. The van der Waals surface area contributed by atoms with Crippen molar-refractivity contribution in [2.75, 3.05) is 0 Å². The third-order valence-electron chi connectivity index (χ3n) is 3.48. The summed E-state index contributed by atoms with van der Waals surface area (Å²) < 4.78 is 0. The maximum Gasteiger partial charge on any atom is 0.331 e. The van der Waals surface area contributed by atoms with Gasteiger partial charge >= 0.3 is 17.9 Å². The molecule has 0 fully saturated rings. The van der Waals surface area contributed by atoms with Gasteiger partial charge < -0.3 is 15.3 Å². The summed E-state index contributed by atoms with van der Waals surface area (Å²) in [5.41, 5.74) is 1.50. The fourth-order valence-electron chi connectivity index (χ4n) is 2.15. The molecule has 0 atom stereocenters. The Labute approximate surface area is 139 Å². The molecule has 0 heterocycles. The van der Waals surface area contributed by atoms with Crippen LogP contribution in [0.5, 0.6) is 0 Å². The molecule has 1 rings (SSSR count). The molecule has 1 aromatic rings. The van der Waals surface area contributed by atoms with E-state index >= 15 is 0 Å². The van der Waals surface area contributed by atoms with E-state index in [0.717, 1.165) is 0 Å². The molecule has 6 heteroatoms. The Morgan fingerprint density at radius 1 is 0.708 bits per heavy atom. The number of carboxylic acid groups (broad SMARTS) is 3. The molecule has 0 amide bonds. The molecule has 24 heavy (non-hydrogen) atoms. The van der Waals surface area contributed by atoms with Gasteiger partial charge in [0, 0.05) is 36.0 Å². The second-order valence-electron chi connectivity index (χ2n) is 5.31. The number of hydrogen-bond acceptors (Lipinski definition) is 3. The Kier molecular flexibility index (Phi) is 6.23. The lowest BCUT2D eigenvalue weighted by Crippen LogP contribution is -2.11. The lowest BCUT2D eigenvalue weighted by Gasteiger charge is -2.15. The van der Waals surface area contributed by atoms with E-state index in [9.17, 15) is 14.4 Å². The van der Waals surface area contributed by atoms with E-state index in [1.807, 2.05) is 0 Å². The standard InChI is InChI=1S/C18H18O6/c1-10(16(19)20)7-13-5-4-6-14(8-11(2)17(21)22)15(13)9-12(3)18(23)24/h4-6H,1-3,7-9H2,(H,19,20)(H,21,22)(H,23,24). The number of aliphatic carboxylic acids is 3. The van der Waals surface area contributed by atoms with Gasteiger partial charge in [-0.2, -0.15) is 0 Å². The van der Waals surface area contributed by atoms with Crippen molar-refractivity contribution in [3.8, 4) is 0 Å². The summed E-state index contributed by atoms with van der Waals surface area (Å²) in [5, 5.41) is 27.0. The van der Waals surface area contributed by atoms with Gasteiger partial charge in [0.2, 0.25) is 0 Å². The molecule has 6 nitrogen and oxygen atoms in total. The largest absolute Gasteiger partial charge is 0.478 e. The zero-order chi connectivity index (χ0) is 18.4. The fraction of sp³-hybridized carbons (Fsp3) is 0.167. The first-order chi connectivity index (χ1) is 11.1. The van der Waals surface area contributed by atoms with E-state index in [2.05, 4.69) is 19.7 Å². The Morgan fingerprint density at radius 2 is 1.04 bits per heavy atom. The number of carboxylic acids is 3. The quantitative estimate of drug-likeness (QED) is 0.599. The molecule has 0 aliphatic heterocycles. The smallest absolute Gasteiger partial charge is 0.331 e. The summed E-state index contributed by atoms with van der Waals surface area (Å²) in [6.45, 7) is 10.4. The first-order valence-corrected chi connectivity index (χ1v) is 6.96. The van der Waals surface area contributed by atoms with Crippen LogP contribution >= 0.6 is 0 Å². The molecule has 126 valence electrons. The number of benzene rings is 1. The van der Waals surface area contributed by atoms with Gasteiger partial charge in [0.05, 0.1) is 0 Å². The Morgan fingerprint density at radius 3 is 1.38 bits per heavy atom. The van der Waals surface area contributed by atoms with Crippen LogP contribution in [0.1, 0.15) is 16.7 Å². The molecule has 0 aliphatic carbocycles. The zero-order valence-electron chi connectivity index (χ0n) is 13.0. The summed E-state index contributed by atoms with van der Waals surface area (Å²) >= 11 is 0. The van der Waals surface area contributed by atoms with Gasteiger partial charge in [-0.3, -0.25) is 0 Å². The van der Waals surface area contributed by atoms with E-state index in [0.29, 0.717) is 16.7 Å². The lowest BCUT2D eigenvalue weighted by molar-refractivity contribution is -0.133. The van der Waals surface area contributed by atoms with Gasteiger partial charge in [-0.05, 0) is 16.7 Å². The third kappa shape index (κ3) is 4.95. The molecule has 0 saturated heterocycles. The van der Waals surface area contributed by atoms with E-state index in [1.54, 1.807) is 18.2 Å². The highest BCUT2D eigenvalue weighted by molar-refractivity contribution is 5.88. The highest BCUT2D eigenvalue weighted by atomic mass is 16.4. The highest BCUT2D eigenvalue weighted by Gasteiger charge is 2.17. The van der Waals surface area contributed by atoms with Crippen molar-refractivity contribution >= 4 is 17.9 Å². The van der Waals surface area contributed by atoms with E-state index in [4.69, 9.17) is 15.3 Å². The molecule has 0 aliphatic rings. The molecule has 3 N–H and O–H groups in total. The van der Waals surface area contributed by atoms with Crippen molar-refractivity contribution in [2.45, 2.75) is 19.3 Å². The van der Waals surface area contributed by atoms with Crippen molar-refractivity contribution in [1.29, 1.82) is 0 Å². The van der Waals surface area contributed by atoms with Gasteiger partial charge in [-0.15, -0.1) is 0 Å². The Balaban J connectivity index is 3.31. The average Bonchev–Trinajstić information content (AvgIpc) is 2.49. The monoisotopic (exact) mass is 330 g/mol. The van der Waals surface area contributed by atoms with Gasteiger partial charge in [-0.25, -0.2) is 14.4 Å². The maximum atomic E-state index is 11.1. The van der Waals surface area contributed by atoms with Crippen LogP contribution in [0.15, 0.2) is 54.7 Å². The van der Waals surface area contributed by atoms with Crippen LogP contribution in [0.2, 0.25) is 0 Å². The number of hydrogen-bond donors (Lipinski definition) is 3. The van der Waals surface area contributed by atoms with Crippen molar-refractivity contribution in [1.82, 2.24) is 0 Å². The van der Waals surface area contributed by atoms with E-state index in [-0.39, 0.29) is 36.0 Å². The molecule has 1 aromatic carbocycles. The lowest BCUT2D eigenvalue weighted by atomic mass is 9.89. The maximum absolute atomic E-state index is 11.1. The van der Waals surface area contributed by atoms with Gasteiger partial charge in [0.15, 0.2) is 0 Å². The van der Waals surface area contributed by atoms with Crippen LogP contribution in [0.25, 0.3) is 0 Å². The normalized spacial score (nSPS) is 10.0. The van der Waals surface area contributed by atoms with E-state index < -0.39 is 17.9 Å². The first kappa shape index (κ1) is 18.9. The number of rotatable bonds is 9. The van der Waals surface area contributed by atoms with Crippen LogP contribution < -0.4 is 0 Å².